The van der Waals surface area contributed by atoms with Crippen LogP contribution in [0.15, 0.2) is 103 Å². The van der Waals surface area contributed by atoms with E-state index in [1.807, 2.05) is 72.9 Å². The Labute approximate surface area is 239 Å². The predicted octanol–water partition coefficient (Wildman–Crippen LogP) is 6.64. The Morgan fingerprint density at radius 1 is 0.950 bits per heavy atom. The van der Waals surface area contributed by atoms with Gasteiger partial charge in [-0.05, 0) is 73.4 Å². The van der Waals surface area contributed by atoms with Gasteiger partial charge in [0.25, 0.3) is 0 Å². The van der Waals surface area contributed by atoms with Gasteiger partial charge in [0.05, 0.1) is 17.8 Å². The van der Waals surface area contributed by atoms with Gasteiger partial charge in [-0.25, -0.2) is 0 Å². The van der Waals surface area contributed by atoms with E-state index in [1.54, 1.807) is 0 Å². The topological polar surface area (TPSA) is 62.2 Å². The van der Waals surface area contributed by atoms with E-state index in [9.17, 15) is 4.79 Å². The average molecular weight is 546 g/mol. The smallest absolute Gasteiger partial charge is 0.226 e. The molecule has 40 heavy (non-hydrogen) atoms. The molecule has 2 atom stereocenters. The molecule has 1 saturated heterocycles. The zero-order valence-corrected chi connectivity index (χ0v) is 23.4. The van der Waals surface area contributed by atoms with Crippen molar-refractivity contribution in [3.8, 4) is 5.69 Å². The molecule has 0 aliphatic carbocycles. The van der Waals surface area contributed by atoms with Crippen LogP contribution in [0.4, 0.5) is 5.69 Å². The van der Waals surface area contributed by atoms with Crippen LogP contribution in [0.1, 0.15) is 41.1 Å². The largest absolute Gasteiger partial charge is 0.352 e. The third kappa shape index (κ3) is 4.84. The van der Waals surface area contributed by atoms with Crippen molar-refractivity contribution in [2.75, 3.05) is 11.9 Å². The Morgan fingerprint density at radius 3 is 2.50 bits per heavy atom. The first-order valence-corrected chi connectivity index (χ1v) is 13.9. The molecule has 0 spiro atoms. The van der Waals surface area contributed by atoms with Crippen LogP contribution in [-0.4, -0.2) is 32.0 Å². The van der Waals surface area contributed by atoms with Crippen molar-refractivity contribution in [1.29, 1.82) is 0 Å². The molecule has 1 amide bonds. The van der Waals surface area contributed by atoms with Gasteiger partial charge < -0.3 is 20.1 Å². The van der Waals surface area contributed by atoms with Gasteiger partial charge in [-0.3, -0.25) is 9.78 Å². The summed E-state index contributed by atoms with van der Waals surface area (Å²) in [5.74, 6) is -0.0473. The minimum Gasteiger partial charge on any atom is -0.352 e. The van der Waals surface area contributed by atoms with Crippen molar-refractivity contribution in [3.63, 3.8) is 0 Å². The van der Waals surface area contributed by atoms with Gasteiger partial charge in [-0.2, -0.15) is 0 Å². The first-order chi connectivity index (χ1) is 19.5. The van der Waals surface area contributed by atoms with E-state index in [-0.39, 0.29) is 18.0 Å². The summed E-state index contributed by atoms with van der Waals surface area (Å²) >= 11 is 5.86. The van der Waals surface area contributed by atoms with Gasteiger partial charge in [0.1, 0.15) is 0 Å². The second kappa shape index (κ2) is 10.9. The molecule has 0 saturated carbocycles. The number of rotatable bonds is 7. The van der Waals surface area contributed by atoms with Crippen LogP contribution in [-0.2, 0) is 4.79 Å². The molecular formula is C33H31N5OS. The summed E-state index contributed by atoms with van der Waals surface area (Å²) in [5.41, 5.74) is 6.31. The molecule has 1 fully saturated rings. The van der Waals surface area contributed by atoms with Crippen molar-refractivity contribution >= 4 is 39.7 Å². The summed E-state index contributed by atoms with van der Waals surface area (Å²) in [4.78, 5) is 20.0. The van der Waals surface area contributed by atoms with Gasteiger partial charge in [0, 0.05) is 47.3 Å². The highest BCUT2D eigenvalue weighted by molar-refractivity contribution is 7.80. The molecule has 2 N–H and O–H groups in total. The lowest BCUT2D eigenvalue weighted by atomic mass is 9.96. The predicted molar refractivity (Wildman–Crippen MR) is 165 cm³/mol. The second-order valence-corrected chi connectivity index (χ2v) is 10.5. The highest BCUT2D eigenvalue weighted by atomic mass is 32.1. The third-order valence-corrected chi connectivity index (χ3v) is 8.00. The molecule has 3 heterocycles. The molecule has 6 nitrogen and oxygen atoms in total. The van der Waals surface area contributed by atoms with E-state index < -0.39 is 0 Å². The molecule has 2 aromatic heterocycles. The molecule has 6 rings (SSSR count). The van der Waals surface area contributed by atoms with Crippen LogP contribution in [0.5, 0.6) is 0 Å². The number of para-hydroxylation sites is 1. The number of hydrogen-bond donors (Lipinski definition) is 2. The van der Waals surface area contributed by atoms with Crippen molar-refractivity contribution in [2.24, 2.45) is 0 Å². The fourth-order valence-electron chi connectivity index (χ4n) is 5.82. The molecule has 1 aliphatic heterocycles. The number of carbonyl (C=O) groups excluding carboxylic acids is 1. The summed E-state index contributed by atoms with van der Waals surface area (Å²) in [6.07, 6.45) is 2.11. The van der Waals surface area contributed by atoms with Crippen LogP contribution < -0.4 is 10.6 Å². The Balaban J connectivity index is 1.30. The molecule has 1 aliphatic rings. The van der Waals surface area contributed by atoms with E-state index in [2.05, 4.69) is 69.3 Å². The molecule has 5 aromatic rings. The maximum Gasteiger partial charge on any atom is 0.226 e. The highest BCUT2D eigenvalue weighted by Crippen LogP contribution is 2.41. The van der Waals surface area contributed by atoms with Crippen LogP contribution in [0.25, 0.3) is 16.5 Å². The first-order valence-electron chi connectivity index (χ1n) is 13.5. The van der Waals surface area contributed by atoms with Crippen LogP contribution >= 0.6 is 12.2 Å². The third-order valence-electron chi connectivity index (χ3n) is 7.64. The lowest BCUT2D eigenvalue weighted by Crippen LogP contribution is -2.33. The Hall–Kier alpha value is -4.49. The van der Waals surface area contributed by atoms with Crippen molar-refractivity contribution in [2.45, 2.75) is 32.4 Å². The standard InChI is InChI=1S/C33H31N5OS/c1-22-21-27(23(2)38(22)25-13-4-3-5-14-25)32-31(29-16-8-9-19-34-29)36-33(40)37(32)20-18-30(39)35-28-17-10-12-24-11-6-7-15-26(24)28/h3-17,19,21,31-32H,18,20H2,1-2H3,(H,35,39)(H,36,40). The molecule has 3 aromatic carbocycles. The molecule has 200 valence electrons. The Kier molecular flexibility index (Phi) is 7.05. The van der Waals surface area contributed by atoms with E-state index in [0.717, 1.165) is 39.2 Å². The van der Waals surface area contributed by atoms with Gasteiger partial charge in [-0.1, -0.05) is 60.7 Å². The maximum absolute atomic E-state index is 13.2. The molecule has 2 unspecified atom stereocenters. The number of benzene rings is 3. The maximum atomic E-state index is 13.2. The van der Waals surface area contributed by atoms with Crippen molar-refractivity contribution in [1.82, 2.24) is 19.8 Å². The lowest BCUT2D eigenvalue weighted by molar-refractivity contribution is -0.116. The fourth-order valence-corrected chi connectivity index (χ4v) is 6.15. The van der Waals surface area contributed by atoms with Gasteiger partial charge >= 0.3 is 0 Å². The number of nitrogens with one attached hydrogen (secondary N) is 2. The van der Waals surface area contributed by atoms with Gasteiger partial charge in [-0.15, -0.1) is 0 Å². The number of aromatic nitrogens is 2. The summed E-state index contributed by atoms with van der Waals surface area (Å²) < 4.78 is 2.28. The van der Waals surface area contributed by atoms with Gasteiger partial charge in [0.15, 0.2) is 5.11 Å². The minimum absolute atomic E-state index is 0.0473. The fraction of sp³-hybridized carbons (Fsp3) is 0.182. The van der Waals surface area contributed by atoms with E-state index in [0.29, 0.717) is 18.1 Å². The summed E-state index contributed by atoms with van der Waals surface area (Å²) in [7, 11) is 0. The number of anilines is 1. The highest BCUT2D eigenvalue weighted by Gasteiger charge is 2.41. The number of fused-ring (bicyclic) bond motifs is 1. The summed E-state index contributed by atoms with van der Waals surface area (Å²) in [5, 5.41) is 9.39. The molecule has 0 bridgehead atoms. The Morgan fingerprint density at radius 2 is 1.70 bits per heavy atom. The van der Waals surface area contributed by atoms with Gasteiger partial charge in [0.2, 0.25) is 5.91 Å². The number of thiocarbonyl (C=S) groups is 1. The normalized spacial score (nSPS) is 16.8. The number of pyridine rings is 1. The SMILES string of the molecule is Cc1cc(C2C(c3ccccn3)NC(=S)N2CCC(=O)Nc2cccc3ccccc23)c(C)n1-c1ccccc1. The Bertz CT molecular complexity index is 1680. The van der Waals surface area contributed by atoms with Crippen LogP contribution in [0.3, 0.4) is 0 Å². The van der Waals surface area contributed by atoms with E-state index in [1.165, 1.54) is 5.56 Å². The van der Waals surface area contributed by atoms with E-state index >= 15 is 0 Å². The van der Waals surface area contributed by atoms with Crippen LogP contribution in [0.2, 0.25) is 0 Å². The van der Waals surface area contributed by atoms with Crippen molar-refractivity contribution < 1.29 is 4.79 Å². The molecular weight excluding hydrogens is 514 g/mol. The second-order valence-electron chi connectivity index (χ2n) is 10.1. The number of amides is 1. The molecule has 7 heteroatoms. The number of carbonyl (C=O) groups is 1. The number of nitrogens with zero attached hydrogens (tertiary/aromatic N) is 3. The first kappa shape index (κ1) is 25.8. The quantitative estimate of drug-likeness (QED) is 0.225. The van der Waals surface area contributed by atoms with Crippen LogP contribution in [0, 0.1) is 13.8 Å². The number of hydrogen-bond acceptors (Lipinski definition) is 3. The van der Waals surface area contributed by atoms with E-state index in [4.69, 9.17) is 12.2 Å². The monoisotopic (exact) mass is 545 g/mol. The number of aryl methyl sites for hydroxylation is 1. The van der Waals surface area contributed by atoms with Crippen molar-refractivity contribution in [3.05, 3.63) is 126 Å². The zero-order valence-electron chi connectivity index (χ0n) is 22.5. The summed E-state index contributed by atoms with van der Waals surface area (Å²) in [6, 6.07) is 32.3. The average Bonchev–Trinajstić information content (AvgIpc) is 3.47. The lowest BCUT2D eigenvalue weighted by Gasteiger charge is -2.28. The summed E-state index contributed by atoms with van der Waals surface area (Å²) in [6.45, 7) is 4.75. The minimum atomic E-state index is -0.139. The molecule has 0 radical (unpaired) electrons. The zero-order chi connectivity index (χ0) is 27.6.